The summed E-state index contributed by atoms with van der Waals surface area (Å²) in [6.07, 6.45) is 1.13. The number of hydrogen-bond donors (Lipinski definition) is 0. The van der Waals surface area contributed by atoms with Gasteiger partial charge in [-0.25, -0.2) is 14.8 Å². The van der Waals surface area contributed by atoms with Crippen LogP contribution >= 0.6 is 11.6 Å². The highest BCUT2D eigenvalue weighted by Gasteiger charge is 2.37. The molecule has 10 nitrogen and oxygen atoms in total. The average Bonchev–Trinajstić information content (AvgIpc) is 3.34. The van der Waals surface area contributed by atoms with Crippen molar-refractivity contribution in [2.45, 2.75) is 38.1 Å². The number of benzene rings is 2. The Labute approximate surface area is 255 Å². The maximum absolute atomic E-state index is 12.2. The normalized spacial score (nSPS) is 21.9. The summed E-state index contributed by atoms with van der Waals surface area (Å²) < 4.78 is 25.7. The molecule has 2 atom stereocenters. The Hall–Kier alpha value is -3.86. The number of nitrogens with zero attached hydrogens (tertiary/aromatic N) is 5. The van der Waals surface area contributed by atoms with Crippen LogP contribution < -0.4 is 14.4 Å². The lowest BCUT2D eigenvalue weighted by atomic mass is 9.95. The van der Waals surface area contributed by atoms with Crippen LogP contribution in [0.15, 0.2) is 54.6 Å². The van der Waals surface area contributed by atoms with Crippen molar-refractivity contribution >= 4 is 34.4 Å². The van der Waals surface area contributed by atoms with Crippen LogP contribution in [-0.2, 0) is 28.2 Å². The number of anilines is 1. The first-order valence-electron chi connectivity index (χ1n) is 14.6. The Morgan fingerprint density at radius 2 is 1.86 bits per heavy atom. The fourth-order valence-electron chi connectivity index (χ4n) is 5.96. The lowest BCUT2D eigenvalue weighted by molar-refractivity contribution is -0.0592. The number of piperazine rings is 1. The minimum atomic E-state index is -0.600. The number of fused-ring (bicyclic) bond motifs is 2. The van der Waals surface area contributed by atoms with Crippen LogP contribution in [0.2, 0.25) is 5.02 Å². The van der Waals surface area contributed by atoms with Gasteiger partial charge >= 0.3 is 5.97 Å². The van der Waals surface area contributed by atoms with E-state index in [1.165, 1.54) is 7.11 Å². The van der Waals surface area contributed by atoms with Gasteiger partial charge in [0.05, 0.1) is 32.0 Å². The second-order valence-corrected chi connectivity index (χ2v) is 11.9. The number of methoxy groups -OCH3 is 1. The molecule has 0 saturated carbocycles. The zero-order valence-corrected chi connectivity index (χ0v) is 25.0. The SMILES string of the molecule is COC(=O)c1ccc2nc(CN3CCN(c4cccc5c4OCC(C)(c4ccc(Cl)cc4)O5)CC3)n(C[C@@H]3CCO3)c2n1. The number of carbonyl (C=O) groups excluding carboxylic acids is 1. The molecule has 0 N–H and O–H groups in total. The second kappa shape index (κ2) is 11.3. The summed E-state index contributed by atoms with van der Waals surface area (Å²) in [4.78, 5) is 26.4. The predicted octanol–water partition coefficient (Wildman–Crippen LogP) is 4.67. The molecule has 11 heteroatoms. The molecule has 2 fully saturated rings. The van der Waals surface area contributed by atoms with Crippen LogP contribution in [0.4, 0.5) is 5.69 Å². The van der Waals surface area contributed by atoms with Gasteiger partial charge in [0.15, 0.2) is 28.4 Å². The van der Waals surface area contributed by atoms with Gasteiger partial charge in [0.2, 0.25) is 0 Å². The van der Waals surface area contributed by atoms with Gasteiger partial charge in [-0.05, 0) is 55.3 Å². The summed E-state index contributed by atoms with van der Waals surface area (Å²) >= 11 is 6.11. The van der Waals surface area contributed by atoms with Crippen molar-refractivity contribution in [2.24, 2.45) is 0 Å². The molecule has 2 saturated heterocycles. The number of halogens is 1. The van der Waals surface area contributed by atoms with Gasteiger partial charge < -0.3 is 28.4 Å². The Morgan fingerprint density at radius 3 is 2.58 bits per heavy atom. The molecule has 2 aromatic carbocycles. The molecule has 3 aliphatic rings. The quantitative estimate of drug-likeness (QED) is 0.280. The molecule has 224 valence electrons. The smallest absolute Gasteiger partial charge is 0.356 e. The van der Waals surface area contributed by atoms with Crippen molar-refractivity contribution in [3.8, 4) is 11.5 Å². The summed E-state index contributed by atoms with van der Waals surface area (Å²) in [5, 5.41) is 0.694. The number of ether oxygens (including phenoxy) is 4. The van der Waals surface area contributed by atoms with Crippen molar-refractivity contribution in [1.29, 1.82) is 0 Å². The van der Waals surface area contributed by atoms with Gasteiger partial charge in [-0.2, -0.15) is 0 Å². The Kier molecular flexibility index (Phi) is 7.36. The van der Waals surface area contributed by atoms with E-state index >= 15 is 0 Å². The van der Waals surface area contributed by atoms with E-state index in [0.29, 0.717) is 30.4 Å². The van der Waals surface area contributed by atoms with E-state index in [9.17, 15) is 4.79 Å². The first kappa shape index (κ1) is 27.9. The average molecular weight is 604 g/mol. The minimum absolute atomic E-state index is 0.129. The van der Waals surface area contributed by atoms with Gasteiger partial charge in [0.25, 0.3) is 0 Å². The van der Waals surface area contributed by atoms with Crippen LogP contribution in [0.1, 0.15) is 35.2 Å². The zero-order valence-electron chi connectivity index (χ0n) is 24.3. The van der Waals surface area contributed by atoms with E-state index in [2.05, 4.69) is 25.4 Å². The van der Waals surface area contributed by atoms with Gasteiger partial charge in [-0.15, -0.1) is 0 Å². The third-order valence-corrected chi connectivity index (χ3v) is 8.82. The Bertz CT molecular complexity index is 1650. The summed E-state index contributed by atoms with van der Waals surface area (Å²) in [6, 6.07) is 17.3. The molecule has 2 aromatic heterocycles. The number of para-hydroxylation sites is 1. The third kappa shape index (κ3) is 5.39. The van der Waals surface area contributed by atoms with Gasteiger partial charge in [-0.3, -0.25) is 4.90 Å². The highest BCUT2D eigenvalue weighted by atomic mass is 35.5. The first-order chi connectivity index (χ1) is 20.9. The number of imidazole rings is 1. The van der Waals surface area contributed by atoms with Gasteiger partial charge in [0.1, 0.15) is 17.9 Å². The zero-order chi connectivity index (χ0) is 29.6. The molecule has 0 radical (unpaired) electrons. The molecule has 43 heavy (non-hydrogen) atoms. The standard InChI is InChI=1S/C32H34ClN5O5/c1-32(21-6-8-22(33)9-7-21)20-42-29-26(4-3-5-27(29)43-32)37-15-13-36(14-16-37)19-28-34-24-10-11-25(31(39)40-2)35-30(24)38(28)18-23-12-17-41-23/h3-11,23H,12-20H2,1-2H3/t23-,32?/m0/s1. The van der Waals surface area contributed by atoms with E-state index < -0.39 is 11.6 Å². The first-order valence-corrected chi connectivity index (χ1v) is 15.0. The van der Waals surface area contributed by atoms with Gasteiger partial charge in [0, 0.05) is 37.8 Å². The van der Waals surface area contributed by atoms with E-state index in [0.717, 1.165) is 73.3 Å². The van der Waals surface area contributed by atoms with Crippen LogP contribution in [0.25, 0.3) is 11.2 Å². The van der Waals surface area contributed by atoms with Crippen molar-refractivity contribution in [1.82, 2.24) is 19.4 Å². The molecule has 7 rings (SSSR count). The number of carbonyl (C=O) groups is 1. The van der Waals surface area contributed by atoms with Crippen molar-refractivity contribution in [3.05, 3.63) is 76.7 Å². The maximum atomic E-state index is 12.2. The molecule has 0 spiro atoms. The number of pyridine rings is 1. The van der Waals surface area contributed by atoms with Crippen molar-refractivity contribution < 1.29 is 23.7 Å². The third-order valence-electron chi connectivity index (χ3n) is 8.56. The number of aromatic nitrogens is 3. The van der Waals surface area contributed by atoms with Gasteiger partial charge in [-0.1, -0.05) is 29.8 Å². The molecule has 0 amide bonds. The molecule has 0 bridgehead atoms. The molecular formula is C32H34ClN5O5. The fourth-order valence-corrected chi connectivity index (χ4v) is 6.09. The number of rotatable bonds is 7. The van der Waals surface area contributed by atoms with E-state index in [1.54, 1.807) is 6.07 Å². The maximum Gasteiger partial charge on any atom is 0.356 e. The van der Waals surface area contributed by atoms with E-state index in [-0.39, 0.29) is 11.8 Å². The minimum Gasteiger partial charge on any atom is -0.483 e. The van der Waals surface area contributed by atoms with Crippen LogP contribution in [0.3, 0.4) is 0 Å². The molecular weight excluding hydrogens is 570 g/mol. The lowest BCUT2D eigenvalue weighted by Gasteiger charge is -2.40. The molecule has 0 aliphatic carbocycles. The summed E-state index contributed by atoms with van der Waals surface area (Å²) in [5.41, 5.74) is 3.19. The van der Waals surface area contributed by atoms with E-state index in [1.807, 2.05) is 49.4 Å². The highest BCUT2D eigenvalue weighted by Crippen LogP contribution is 2.45. The Balaban J connectivity index is 1.06. The van der Waals surface area contributed by atoms with Crippen LogP contribution in [0.5, 0.6) is 11.5 Å². The molecule has 3 aliphatic heterocycles. The summed E-state index contributed by atoms with van der Waals surface area (Å²) in [5.74, 6) is 2.00. The summed E-state index contributed by atoms with van der Waals surface area (Å²) in [6.45, 7) is 7.95. The molecule has 1 unspecified atom stereocenters. The molecule has 5 heterocycles. The number of esters is 1. The van der Waals surface area contributed by atoms with E-state index in [4.69, 9.17) is 35.5 Å². The number of hydrogen-bond acceptors (Lipinski definition) is 9. The highest BCUT2D eigenvalue weighted by molar-refractivity contribution is 6.30. The van der Waals surface area contributed by atoms with Crippen molar-refractivity contribution in [3.63, 3.8) is 0 Å². The predicted molar refractivity (Wildman–Crippen MR) is 162 cm³/mol. The van der Waals surface area contributed by atoms with Crippen LogP contribution in [-0.4, -0.2) is 78.0 Å². The monoisotopic (exact) mass is 603 g/mol. The Morgan fingerprint density at radius 1 is 1.07 bits per heavy atom. The second-order valence-electron chi connectivity index (χ2n) is 11.4. The fraction of sp³-hybridized carbons (Fsp3) is 0.406. The lowest BCUT2D eigenvalue weighted by Crippen LogP contribution is -2.47. The largest absolute Gasteiger partial charge is 0.483 e. The summed E-state index contributed by atoms with van der Waals surface area (Å²) in [7, 11) is 1.36. The molecule has 4 aromatic rings. The van der Waals surface area contributed by atoms with Crippen LogP contribution in [0, 0.1) is 0 Å². The van der Waals surface area contributed by atoms with Crippen molar-refractivity contribution in [2.75, 3.05) is 51.4 Å². The topological polar surface area (TPSA) is 91.2 Å².